The van der Waals surface area contributed by atoms with Gasteiger partial charge in [-0.3, -0.25) is 4.90 Å². The minimum Gasteiger partial charge on any atom is -0.443 e. The number of hydrogen-bond acceptors (Lipinski definition) is 6. The van der Waals surface area contributed by atoms with Crippen LogP contribution in [0.15, 0.2) is 47.2 Å². The third-order valence-corrected chi connectivity index (χ3v) is 13.8. The van der Waals surface area contributed by atoms with Crippen LogP contribution in [0.25, 0.3) is 17.0 Å². The molecule has 230 valence electrons. The fourth-order valence-corrected chi connectivity index (χ4v) is 6.79. The third kappa shape index (κ3) is 6.30. The van der Waals surface area contributed by atoms with Gasteiger partial charge in [0, 0.05) is 31.1 Å². The minimum atomic E-state index is -2.12. The van der Waals surface area contributed by atoms with Crippen LogP contribution < -0.4 is 4.90 Å². The van der Waals surface area contributed by atoms with Gasteiger partial charge in [0.05, 0.1) is 28.0 Å². The van der Waals surface area contributed by atoms with Crippen LogP contribution in [-0.4, -0.2) is 44.2 Å². The van der Waals surface area contributed by atoms with E-state index in [4.69, 9.17) is 19.2 Å². The van der Waals surface area contributed by atoms with Crippen molar-refractivity contribution in [3.05, 3.63) is 64.1 Å². The molecule has 1 aliphatic carbocycles. The molecule has 9 nitrogen and oxygen atoms in total. The highest BCUT2D eigenvalue weighted by molar-refractivity contribution is 9.10. The van der Waals surface area contributed by atoms with Crippen LogP contribution in [-0.2, 0) is 28.4 Å². The highest BCUT2D eigenvalue weighted by Gasteiger charge is 2.54. The summed E-state index contributed by atoms with van der Waals surface area (Å²) in [6.07, 6.45) is 4.99. The zero-order valence-corrected chi connectivity index (χ0v) is 29.5. The van der Waals surface area contributed by atoms with Crippen molar-refractivity contribution in [3.63, 3.8) is 0 Å². The Bertz CT molecular complexity index is 1680. The number of carbonyl (C=O) groups is 1. The molecule has 0 saturated heterocycles. The second-order valence-corrected chi connectivity index (χ2v) is 19.6. The average Bonchev–Trinajstić information content (AvgIpc) is 3.44. The van der Waals surface area contributed by atoms with Crippen molar-refractivity contribution in [2.75, 3.05) is 4.90 Å². The van der Waals surface area contributed by atoms with Gasteiger partial charge in [-0.05, 0) is 86.2 Å². The molecule has 1 aromatic carbocycles. The maximum atomic E-state index is 14.0. The fraction of sp³-hybridized carbons (Fsp3) is 0.500. The van der Waals surface area contributed by atoms with E-state index in [9.17, 15) is 4.79 Å². The molecule has 1 fully saturated rings. The molecule has 0 bridgehead atoms. The number of ether oxygens (including phenoxy) is 1. The average molecular weight is 668 g/mol. The number of anilines is 1. The molecule has 0 atom stereocenters. The highest BCUT2D eigenvalue weighted by Crippen LogP contribution is 2.54. The summed E-state index contributed by atoms with van der Waals surface area (Å²) in [5.41, 5.74) is 2.95. The first-order chi connectivity index (χ1) is 19.9. The van der Waals surface area contributed by atoms with Crippen LogP contribution in [0.2, 0.25) is 18.1 Å². The SMILES string of the molecule is Cc1nn2c(N(Cc3cccc(-c4nccn4C)c3)C(=O)OC(C)(C)C)cc(C3(O[Si](C)(C)C(C)(C)C)CC3)nc2c1Br. The van der Waals surface area contributed by atoms with Crippen LogP contribution >= 0.6 is 15.9 Å². The van der Waals surface area contributed by atoms with E-state index < -0.39 is 25.6 Å². The van der Waals surface area contributed by atoms with E-state index in [1.807, 2.05) is 69.8 Å². The Labute approximate surface area is 263 Å². The predicted molar refractivity (Wildman–Crippen MR) is 176 cm³/mol. The Morgan fingerprint density at radius 3 is 2.42 bits per heavy atom. The number of nitrogens with zero attached hydrogens (tertiary/aromatic N) is 6. The first-order valence-corrected chi connectivity index (χ1v) is 18.4. The van der Waals surface area contributed by atoms with Gasteiger partial charge in [0.1, 0.15) is 17.2 Å². The fourth-order valence-electron chi connectivity index (χ4n) is 4.86. The molecule has 0 aliphatic heterocycles. The van der Waals surface area contributed by atoms with E-state index in [0.29, 0.717) is 11.5 Å². The molecule has 11 heteroatoms. The van der Waals surface area contributed by atoms with E-state index in [1.54, 1.807) is 15.6 Å². The van der Waals surface area contributed by atoms with Crippen molar-refractivity contribution in [2.45, 2.75) is 97.2 Å². The number of carbonyl (C=O) groups excluding carboxylic acids is 1. The molecule has 43 heavy (non-hydrogen) atoms. The topological polar surface area (TPSA) is 86.8 Å². The summed E-state index contributed by atoms with van der Waals surface area (Å²) in [7, 11) is -0.153. The van der Waals surface area contributed by atoms with E-state index >= 15 is 0 Å². The Hall–Kier alpha value is -3.02. The van der Waals surface area contributed by atoms with E-state index in [0.717, 1.165) is 45.7 Å². The van der Waals surface area contributed by atoms with Crippen molar-refractivity contribution < 1.29 is 14.0 Å². The summed E-state index contributed by atoms with van der Waals surface area (Å²) in [6, 6.07) is 10.1. The number of aryl methyl sites for hydroxylation is 2. The van der Waals surface area contributed by atoms with Gasteiger partial charge in [0.25, 0.3) is 0 Å². The van der Waals surface area contributed by atoms with Crippen LogP contribution in [0.3, 0.4) is 0 Å². The van der Waals surface area contributed by atoms with Gasteiger partial charge in [0.2, 0.25) is 0 Å². The molecule has 0 spiro atoms. The van der Waals surface area contributed by atoms with Gasteiger partial charge in [-0.25, -0.2) is 14.8 Å². The lowest BCUT2D eigenvalue weighted by molar-refractivity contribution is 0.0575. The van der Waals surface area contributed by atoms with Gasteiger partial charge >= 0.3 is 6.09 Å². The largest absolute Gasteiger partial charge is 0.443 e. The molecule has 0 radical (unpaired) electrons. The quantitative estimate of drug-likeness (QED) is 0.185. The zero-order valence-electron chi connectivity index (χ0n) is 26.9. The Morgan fingerprint density at radius 2 is 1.84 bits per heavy atom. The standard InChI is InChI=1S/C32H43BrN6O3Si/c1-21-26(33)28-35-24(32(14-15-32)42-43(9,10)31(5,6)7)19-25(39(28)36-21)38(29(40)41-30(2,3)4)20-22-12-11-13-23(18-22)27-34-16-17-37(27)8/h11-13,16-19H,14-15,20H2,1-10H3. The summed E-state index contributed by atoms with van der Waals surface area (Å²) >= 11 is 3.72. The van der Waals surface area contributed by atoms with Gasteiger partial charge in [-0.15, -0.1) is 0 Å². The molecular formula is C32H43BrN6O3Si. The molecule has 0 unspecified atom stereocenters. The van der Waals surface area contributed by atoms with Gasteiger partial charge < -0.3 is 13.7 Å². The van der Waals surface area contributed by atoms with Crippen LogP contribution in [0.4, 0.5) is 10.6 Å². The van der Waals surface area contributed by atoms with Gasteiger partial charge in [-0.1, -0.05) is 39.0 Å². The van der Waals surface area contributed by atoms with E-state index in [1.165, 1.54) is 0 Å². The smallest absolute Gasteiger partial charge is 0.416 e. The molecule has 1 amide bonds. The number of aromatic nitrogens is 5. The number of imidazole rings is 1. The number of halogens is 1. The maximum absolute atomic E-state index is 14.0. The molecule has 4 aromatic rings. The number of rotatable bonds is 7. The Kier molecular flexibility index (Phi) is 7.92. The Balaban J connectivity index is 1.65. The van der Waals surface area contributed by atoms with E-state index in [2.05, 4.69) is 60.8 Å². The second-order valence-electron chi connectivity index (χ2n) is 14.1. The summed E-state index contributed by atoms with van der Waals surface area (Å²) in [6.45, 7) is 19.1. The zero-order chi connectivity index (χ0) is 31.5. The van der Waals surface area contributed by atoms with E-state index in [-0.39, 0.29) is 11.6 Å². The predicted octanol–water partition coefficient (Wildman–Crippen LogP) is 8.15. The molecular weight excluding hydrogens is 624 g/mol. The number of fused-ring (bicyclic) bond motifs is 1. The van der Waals surface area contributed by atoms with Crippen molar-refractivity contribution in [1.82, 2.24) is 24.1 Å². The van der Waals surface area contributed by atoms with Crippen molar-refractivity contribution in [3.8, 4) is 11.4 Å². The maximum Gasteiger partial charge on any atom is 0.416 e. The van der Waals surface area contributed by atoms with Gasteiger partial charge in [0.15, 0.2) is 14.0 Å². The molecule has 0 N–H and O–H groups in total. The monoisotopic (exact) mass is 666 g/mol. The number of amides is 1. The number of benzene rings is 1. The van der Waals surface area contributed by atoms with Gasteiger partial charge in [-0.2, -0.15) is 9.61 Å². The lowest BCUT2D eigenvalue weighted by Gasteiger charge is -2.39. The first kappa shape index (κ1) is 31.4. The minimum absolute atomic E-state index is 0.0457. The molecule has 1 saturated carbocycles. The third-order valence-electron chi connectivity index (χ3n) is 8.34. The summed E-state index contributed by atoms with van der Waals surface area (Å²) in [5, 5.41) is 4.84. The van der Waals surface area contributed by atoms with Crippen LogP contribution in [0.5, 0.6) is 0 Å². The summed E-state index contributed by atoms with van der Waals surface area (Å²) in [4.78, 5) is 25.3. The van der Waals surface area contributed by atoms with Crippen molar-refractivity contribution >= 4 is 41.8 Å². The summed E-state index contributed by atoms with van der Waals surface area (Å²) in [5.74, 6) is 1.43. The lowest BCUT2D eigenvalue weighted by atomic mass is 10.1. The first-order valence-electron chi connectivity index (χ1n) is 14.7. The highest BCUT2D eigenvalue weighted by atomic mass is 79.9. The molecule has 1 aliphatic rings. The van der Waals surface area contributed by atoms with Crippen LogP contribution in [0.1, 0.15) is 71.3 Å². The summed E-state index contributed by atoms with van der Waals surface area (Å²) < 4.78 is 17.5. The molecule has 5 rings (SSSR count). The molecule has 3 heterocycles. The molecule has 3 aromatic heterocycles. The lowest BCUT2D eigenvalue weighted by Crippen LogP contribution is -2.44. The van der Waals surface area contributed by atoms with Crippen LogP contribution in [0, 0.1) is 6.92 Å². The number of hydrogen-bond donors (Lipinski definition) is 0. The Morgan fingerprint density at radius 1 is 1.14 bits per heavy atom. The van der Waals surface area contributed by atoms with Crippen molar-refractivity contribution in [1.29, 1.82) is 0 Å². The normalized spacial score (nSPS) is 15.1. The second kappa shape index (κ2) is 10.9. The van der Waals surface area contributed by atoms with Crippen molar-refractivity contribution in [2.24, 2.45) is 7.05 Å².